The SMILES string of the molecule is O=C(O)C=Cc1ccc2c(c1)CC(=O)CO2. The van der Waals surface area contributed by atoms with Crippen LogP contribution in [0.5, 0.6) is 5.75 Å². The second-order valence-corrected chi connectivity index (χ2v) is 3.54. The van der Waals surface area contributed by atoms with E-state index in [2.05, 4.69) is 0 Å². The Kier molecular flexibility index (Phi) is 2.72. The maximum absolute atomic E-state index is 11.2. The molecule has 0 aliphatic carbocycles. The van der Waals surface area contributed by atoms with Crippen LogP contribution in [0.25, 0.3) is 6.08 Å². The Morgan fingerprint density at radius 2 is 2.25 bits per heavy atom. The minimum atomic E-state index is -0.995. The molecule has 1 N–H and O–H groups in total. The minimum Gasteiger partial charge on any atom is -0.486 e. The van der Waals surface area contributed by atoms with Crippen molar-refractivity contribution in [1.29, 1.82) is 0 Å². The number of rotatable bonds is 2. The first-order chi connectivity index (χ1) is 7.65. The van der Waals surface area contributed by atoms with Crippen LogP contribution in [0, 0.1) is 0 Å². The van der Waals surface area contributed by atoms with Gasteiger partial charge in [-0.25, -0.2) is 4.79 Å². The van der Waals surface area contributed by atoms with Crippen molar-refractivity contribution in [2.24, 2.45) is 0 Å². The van der Waals surface area contributed by atoms with E-state index in [1.807, 2.05) is 0 Å². The van der Waals surface area contributed by atoms with Gasteiger partial charge in [-0.05, 0) is 23.8 Å². The van der Waals surface area contributed by atoms with Crippen molar-refractivity contribution in [3.05, 3.63) is 35.4 Å². The average Bonchev–Trinajstić information content (AvgIpc) is 2.25. The molecule has 0 bridgehead atoms. The number of carbonyl (C=O) groups is 2. The first-order valence-electron chi connectivity index (χ1n) is 4.83. The smallest absolute Gasteiger partial charge is 0.328 e. The number of aliphatic carboxylic acids is 1. The van der Waals surface area contributed by atoms with Crippen molar-refractivity contribution in [2.75, 3.05) is 6.61 Å². The second-order valence-electron chi connectivity index (χ2n) is 3.54. The molecule has 1 aliphatic heterocycles. The van der Waals surface area contributed by atoms with Crippen molar-refractivity contribution < 1.29 is 19.4 Å². The summed E-state index contributed by atoms with van der Waals surface area (Å²) in [4.78, 5) is 21.5. The zero-order valence-electron chi connectivity index (χ0n) is 8.47. The first kappa shape index (κ1) is 10.4. The average molecular weight is 218 g/mol. The van der Waals surface area contributed by atoms with E-state index in [0.29, 0.717) is 12.2 Å². The van der Waals surface area contributed by atoms with E-state index in [-0.39, 0.29) is 12.4 Å². The van der Waals surface area contributed by atoms with E-state index in [0.717, 1.165) is 17.2 Å². The van der Waals surface area contributed by atoms with Crippen molar-refractivity contribution in [3.8, 4) is 5.75 Å². The van der Waals surface area contributed by atoms with Gasteiger partial charge in [-0.1, -0.05) is 6.07 Å². The summed E-state index contributed by atoms with van der Waals surface area (Å²) in [5, 5.41) is 8.49. The summed E-state index contributed by atoms with van der Waals surface area (Å²) in [5.41, 5.74) is 1.56. The maximum Gasteiger partial charge on any atom is 0.328 e. The quantitative estimate of drug-likeness (QED) is 0.759. The monoisotopic (exact) mass is 218 g/mol. The van der Waals surface area contributed by atoms with E-state index >= 15 is 0 Å². The number of carboxylic acids is 1. The number of Topliss-reactive ketones (excluding diaryl/α,β-unsaturated/α-hetero) is 1. The maximum atomic E-state index is 11.2. The molecule has 0 saturated heterocycles. The molecule has 2 rings (SSSR count). The molecule has 0 amide bonds. The third-order valence-corrected chi connectivity index (χ3v) is 2.28. The molecule has 0 atom stereocenters. The van der Waals surface area contributed by atoms with E-state index in [4.69, 9.17) is 9.84 Å². The molecular formula is C12H10O4. The van der Waals surface area contributed by atoms with Crippen molar-refractivity contribution in [3.63, 3.8) is 0 Å². The van der Waals surface area contributed by atoms with Crippen molar-refractivity contribution in [2.45, 2.75) is 6.42 Å². The third-order valence-electron chi connectivity index (χ3n) is 2.28. The molecule has 0 radical (unpaired) electrons. The van der Waals surface area contributed by atoms with Crippen molar-refractivity contribution in [1.82, 2.24) is 0 Å². The summed E-state index contributed by atoms with van der Waals surface area (Å²) in [6.07, 6.45) is 2.90. The van der Waals surface area contributed by atoms with Crippen LogP contribution < -0.4 is 4.74 Å². The highest BCUT2D eigenvalue weighted by atomic mass is 16.5. The Balaban J connectivity index is 2.27. The van der Waals surface area contributed by atoms with Crippen LogP contribution in [-0.4, -0.2) is 23.5 Å². The molecule has 1 aromatic carbocycles. The summed E-state index contributed by atoms with van der Waals surface area (Å²) < 4.78 is 5.23. The van der Waals surface area contributed by atoms with Gasteiger partial charge in [0.25, 0.3) is 0 Å². The molecule has 0 aromatic heterocycles. The summed E-state index contributed by atoms with van der Waals surface area (Å²) >= 11 is 0. The Bertz CT molecular complexity index is 474. The van der Waals surface area contributed by atoms with Crippen LogP contribution in [0.2, 0.25) is 0 Å². The lowest BCUT2D eigenvalue weighted by atomic mass is 10.0. The number of carboxylic acid groups (broad SMARTS) is 1. The number of ketones is 1. The predicted molar refractivity (Wildman–Crippen MR) is 57.3 cm³/mol. The molecule has 0 saturated carbocycles. The fourth-order valence-electron chi connectivity index (χ4n) is 1.57. The zero-order chi connectivity index (χ0) is 11.5. The fraction of sp³-hybridized carbons (Fsp3) is 0.167. The highest BCUT2D eigenvalue weighted by Crippen LogP contribution is 2.24. The van der Waals surface area contributed by atoms with Crippen LogP contribution in [0.4, 0.5) is 0 Å². The number of carbonyl (C=O) groups excluding carboxylic acids is 1. The summed E-state index contributed by atoms with van der Waals surface area (Å²) in [6, 6.07) is 5.28. The van der Waals surface area contributed by atoms with Gasteiger partial charge in [0, 0.05) is 18.1 Å². The molecule has 1 heterocycles. The number of benzene rings is 1. The minimum absolute atomic E-state index is 0.0341. The topological polar surface area (TPSA) is 63.6 Å². The van der Waals surface area contributed by atoms with Crippen LogP contribution in [0.3, 0.4) is 0 Å². The molecule has 0 spiro atoms. The van der Waals surface area contributed by atoms with E-state index in [9.17, 15) is 9.59 Å². The van der Waals surface area contributed by atoms with Gasteiger partial charge in [0.05, 0.1) is 0 Å². The van der Waals surface area contributed by atoms with Crippen LogP contribution in [-0.2, 0) is 16.0 Å². The lowest BCUT2D eigenvalue weighted by Crippen LogP contribution is -2.20. The molecule has 4 heteroatoms. The summed E-state index contributed by atoms with van der Waals surface area (Å²) in [7, 11) is 0. The Hall–Kier alpha value is -2.10. The highest BCUT2D eigenvalue weighted by Gasteiger charge is 2.16. The number of fused-ring (bicyclic) bond motifs is 1. The predicted octanol–water partition coefficient (Wildman–Crippen LogP) is 1.29. The van der Waals surface area contributed by atoms with Gasteiger partial charge in [0.1, 0.15) is 12.4 Å². The molecular weight excluding hydrogens is 208 g/mol. The largest absolute Gasteiger partial charge is 0.486 e. The summed E-state index contributed by atoms with van der Waals surface area (Å²) in [6.45, 7) is 0.122. The first-order valence-corrected chi connectivity index (χ1v) is 4.83. The Morgan fingerprint density at radius 1 is 1.44 bits per heavy atom. The highest BCUT2D eigenvalue weighted by molar-refractivity contribution is 5.86. The van der Waals surface area contributed by atoms with Crippen molar-refractivity contribution >= 4 is 17.8 Å². The molecule has 0 fully saturated rings. The van der Waals surface area contributed by atoms with Gasteiger partial charge in [-0.3, -0.25) is 4.79 Å². The number of hydrogen-bond acceptors (Lipinski definition) is 3. The number of hydrogen-bond donors (Lipinski definition) is 1. The normalized spacial score (nSPS) is 14.6. The van der Waals surface area contributed by atoms with E-state index in [1.54, 1.807) is 18.2 Å². The molecule has 82 valence electrons. The third kappa shape index (κ3) is 2.28. The van der Waals surface area contributed by atoms with E-state index in [1.165, 1.54) is 6.08 Å². The number of ether oxygens (including phenoxy) is 1. The fourth-order valence-corrected chi connectivity index (χ4v) is 1.57. The van der Waals surface area contributed by atoms with E-state index < -0.39 is 5.97 Å². The lowest BCUT2D eigenvalue weighted by Gasteiger charge is -2.16. The van der Waals surface area contributed by atoms with Gasteiger partial charge in [0.15, 0.2) is 5.78 Å². The van der Waals surface area contributed by atoms with Gasteiger partial charge < -0.3 is 9.84 Å². The van der Waals surface area contributed by atoms with Gasteiger partial charge >= 0.3 is 5.97 Å². The lowest BCUT2D eigenvalue weighted by molar-refractivity contribution is -0.131. The van der Waals surface area contributed by atoms with Gasteiger partial charge in [-0.2, -0.15) is 0 Å². The Morgan fingerprint density at radius 3 is 3.00 bits per heavy atom. The molecule has 16 heavy (non-hydrogen) atoms. The Labute approximate surface area is 92.2 Å². The molecule has 1 aliphatic rings. The van der Waals surface area contributed by atoms with Gasteiger partial charge in [-0.15, -0.1) is 0 Å². The van der Waals surface area contributed by atoms with Crippen LogP contribution in [0.15, 0.2) is 24.3 Å². The van der Waals surface area contributed by atoms with Crippen LogP contribution in [0.1, 0.15) is 11.1 Å². The summed E-state index contributed by atoms with van der Waals surface area (Å²) in [5.74, 6) is -0.260. The molecule has 1 aromatic rings. The zero-order valence-corrected chi connectivity index (χ0v) is 8.47. The molecule has 4 nitrogen and oxygen atoms in total. The standard InChI is InChI=1S/C12H10O4/c13-10-6-9-5-8(2-4-12(14)15)1-3-11(9)16-7-10/h1-5H,6-7H2,(H,14,15). The second kappa shape index (κ2) is 4.18. The van der Waals surface area contributed by atoms with Gasteiger partial charge in [0.2, 0.25) is 0 Å². The van der Waals surface area contributed by atoms with Crippen LogP contribution >= 0.6 is 0 Å². The molecule has 0 unspecified atom stereocenters.